The van der Waals surface area contributed by atoms with E-state index in [0.717, 1.165) is 25.9 Å². The van der Waals surface area contributed by atoms with Gasteiger partial charge in [0.05, 0.1) is 6.42 Å². The fourth-order valence-corrected chi connectivity index (χ4v) is 1.96. The van der Waals surface area contributed by atoms with Gasteiger partial charge in [0, 0.05) is 12.4 Å². The summed E-state index contributed by atoms with van der Waals surface area (Å²) in [5, 5.41) is 0. The van der Waals surface area contributed by atoms with Gasteiger partial charge in [0.1, 0.15) is 0 Å². The molecule has 14 heavy (non-hydrogen) atoms. The molecule has 0 aromatic heterocycles. The van der Waals surface area contributed by atoms with Crippen molar-refractivity contribution >= 4 is 11.6 Å². The molecule has 1 rings (SSSR count). The van der Waals surface area contributed by atoms with E-state index < -0.39 is 12.6 Å². The molecule has 1 saturated heterocycles. The fourth-order valence-electron chi connectivity index (χ4n) is 1.65. The number of hydrogen-bond acceptors (Lipinski definition) is 1. The summed E-state index contributed by atoms with van der Waals surface area (Å²) >= 11 is 5.68. The van der Waals surface area contributed by atoms with Crippen LogP contribution in [0.3, 0.4) is 0 Å². The van der Waals surface area contributed by atoms with Gasteiger partial charge in [-0.15, -0.1) is 11.6 Å². The van der Waals surface area contributed by atoms with Crippen LogP contribution in [0.25, 0.3) is 0 Å². The predicted molar refractivity (Wildman–Crippen MR) is 50.6 cm³/mol. The Hall–Kier alpha value is 0.0400. The Morgan fingerprint density at radius 3 is 2.21 bits per heavy atom. The van der Waals surface area contributed by atoms with Crippen LogP contribution in [-0.4, -0.2) is 36.6 Å². The van der Waals surface area contributed by atoms with Crippen LogP contribution in [0.5, 0.6) is 0 Å². The van der Waals surface area contributed by atoms with Gasteiger partial charge in [0.15, 0.2) is 0 Å². The highest BCUT2D eigenvalue weighted by Crippen LogP contribution is 2.23. The molecule has 1 heterocycles. The van der Waals surface area contributed by atoms with E-state index in [1.807, 2.05) is 4.90 Å². The van der Waals surface area contributed by atoms with Gasteiger partial charge in [-0.1, -0.05) is 0 Å². The molecule has 0 bridgehead atoms. The maximum absolute atomic E-state index is 11.9. The van der Waals surface area contributed by atoms with Gasteiger partial charge < -0.3 is 4.90 Å². The van der Waals surface area contributed by atoms with Crippen LogP contribution in [0.4, 0.5) is 13.2 Å². The van der Waals surface area contributed by atoms with Gasteiger partial charge in [0.25, 0.3) is 0 Å². The van der Waals surface area contributed by atoms with Gasteiger partial charge in [0.2, 0.25) is 0 Å². The maximum atomic E-state index is 11.9. The van der Waals surface area contributed by atoms with Crippen LogP contribution in [0.2, 0.25) is 0 Å². The third kappa shape index (κ3) is 4.51. The molecule has 0 spiro atoms. The molecule has 1 aliphatic rings. The van der Waals surface area contributed by atoms with Crippen molar-refractivity contribution in [3.8, 4) is 0 Å². The number of rotatable bonds is 3. The molecular formula is C9H15ClF3N. The SMILES string of the molecule is FC(F)(F)CCN1CCC(CCl)CC1. The molecule has 0 aromatic carbocycles. The Bertz CT molecular complexity index is 164. The highest BCUT2D eigenvalue weighted by atomic mass is 35.5. The monoisotopic (exact) mass is 229 g/mol. The number of nitrogens with zero attached hydrogens (tertiary/aromatic N) is 1. The average Bonchev–Trinajstić information content (AvgIpc) is 2.14. The third-order valence-electron chi connectivity index (χ3n) is 2.64. The molecular weight excluding hydrogens is 215 g/mol. The number of halogens is 4. The minimum absolute atomic E-state index is 0.137. The van der Waals surface area contributed by atoms with Crippen molar-refractivity contribution in [3.63, 3.8) is 0 Å². The van der Waals surface area contributed by atoms with Gasteiger partial charge >= 0.3 is 6.18 Å². The molecule has 1 nitrogen and oxygen atoms in total. The van der Waals surface area contributed by atoms with Crippen molar-refractivity contribution in [1.29, 1.82) is 0 Å². The first-order valence-corrected chi connectivity index (χ1v) is 5.40. The van der Waals surface area contributed by atoms with Gasteiger partial charge in [-0.05, 0) is 31.8 Å². The zero-order valence-corrected chi connectivity index (χ0v) is 8.74. The lowest BCUT2D eigenvalue weighted by Crippen LogP contribution is -2.36. The second-order valence-electron chi connectivity index (χ2n) is 3.80. The van der Waals surface area contributed by atoms with E-state index in [2.05, 4.69) is 0 Å². The second-order valence-corrected chi connectivity index (χ2v) is 4.11. The summed E-state index contributed by atoms with van der Waals surface area (Å²) in [6.07, 6.45) is -2.86. The number of piperidine rings is 1. The molecule has 0 atom stereocenters. The van der Waals surface area contributed by atoms with E-state index in [9.17, 15) is 13.2 Å². The Balaban J connectivity index is 2.16. The molecule has 0 amide bonds. The summed E-state index contributed by atoms with van der Waals surface area (Å²) in [5.41, 5.74) is 0. The Morgan fingerprint density at radius 1 is 1.21 bits per heavy atom. The standard InChI is InChI=1S/C9H15ClF3N/c10-7-8-1-4-14(5-2-8)6-3-9(11,12)13/h8H,1-7H2. The molecule has 84 valence electrons. The van der Waals surface area contributed by atoms with E-state index in [1.165, 1.54) is 0 Å². The predicted octanol–water partition coefficient (Wildman–Crippen LogP) is 2.89. The first kappa shape index (κ1) is 12.1. The fraction of sp³-hybridized carbons (Fsp3) is 1.00. The van der Waals surface area contributed by atoms with Crippen molar-refractivity contribution in [3.05, 3.63) is 0 Å². The Labute approximate surface area is 87.2 Å². The average molecular weight is 230 g/mol. The van der Waals surface area contributed by atoms with E-state index >= 15 is 0 Å². The summed E-state index contributed by atoms with van der Waals surface area (Å²) in [4.78, 5) is 1.87. The lowest BCUT2D eigenvalue weighted by atomic mass is 9.99. The number of alkyl halides is 4. The molecule has 0 unspecified atom stereocenters. The third-order valence-corrected chi connectivity index (χ3v) is 3.07. The quantitative estimate of drug-likeness (QED) is 0.673. The lowest BCUT2D eigenvalue weighted by molar-refractivity contribution is -0.138. The first-order chi connectivity index (χ1) is 6.51. The molecule has 0 saturated carbocycles. The maximum Gasteiger partial charge on any atom is 0.390 e. The number of likely N-dealkylation sites (tertiary alicyclic amines) is 1. The molecule has 5 heteroatoms. The summed E-state index contributed by atoms with van der Waals surface area (Å²) in [5.74, 6) is 1.13. The van der Waals surface area contributed by atoms with Gasteiger partial charge in [-0.2, -0.15) is 13.2 Å². The van der Waals surface area contributed by atoms with E-state index in [4.69, 9.17) is 11.6 Å². The summed E-state index contributed by atoms with van der Waals surface area (Å²) in [7, 11) is 0. The molecule has 1 aliphatic heterocycles. The van der Waals surface area contributed by atoms with Crippen molar-refractivity contribution < 1.29 is 13.2 Å². The van der Waals surface area contributed by atoms with Crippen molar-refractivity contribution in [2.45, 2.75) is 25.4 Å². The van der Waals surface area contributed by atoms with Crippen LogP contribution in [-0.2, 0) is 0 Å². The van der Waals surface area contributed by atoms with Crippen molar-refractivity contribution in [1.82, 2.24) is 4.90 Å². The van der Waals surface area contributed by atoms with Crippen LogP contribution >= 0.6 is 11.6 Å². The summed E-state index contributed by atoms with van der Waals surface area (Å²) in [6, 6.07) is 0. The zero-order valence-electron chi connectivity index (χ0n) is 7.99. The minimum atomic E-state index is -4.02. The Kier molecular flexibility index (Phi) is 4.51. The molecule has 0 radical (unpaired) electrons. The van der Waals surface area contributed by atoms with Crippen LogP contribution in [0, 0.1) is 5.92 Å². The normalized spacial score (nSPS) is 21.4. The second kappa shape index (κ2) is 5.21. The zero-order chi connectivity index (χ0) is 10.6. The smallest absolute Gasteiger partial charge is 0.303 e. The lowest BCUT2D eigenvalue weighted by Gasteiger charge is -2.31. The molecule has 1 fully saturated rings. The van der Waals surface area contributed by atoms with E-state index in [1.54, 1.807) is 0 Å². The molecule has 0 N–H and O–H groups in total. The summed E-state index contributed by atoms with van der Waals surface area (Å²) in [6.45, 7) is 1.65. The molecule has 0 aliphatic carbocycles. The first-order valence-electron chi connectivity index (χ1n) is 4.86. The summed E-state index contributed by atoms with van der Waals surface area (Å²) < 4.78 is 35.7. The van der Waals surface area contributed by atoms with Crippen LogP contribution in [0.15, 0.2) is 0 Å². The van der Waals surface area contributed by atoms with Crippen molar-refractivity contribution in [2.24, 2.45) is 5.92 Å². The van der Waals surface area contributed by atoms with E-state index in [-0.39, 0.29) is 6.54 Å². The topological polar surface area (TPSA) is 3.24 Å². The van der Waals surface area contributed by atoms with Crippen LogP contribution < -0.4 is 0 Å². The van der Waals surface area contributed by atoms with Crippen LogP contribution in [0.1, 0.15) is 19.3 Å². The highest BCUT2D eigenvalue weighted by Gasteiger charge is 2.28. The van der Waals surface area contributed by atoms with Gasteiger partial charge in [-0.25, -0.2) is 0 Å². The van der Waals surface area contributed by atoms with Gasteiger partial charge in [-0.3, -0.25) is 0 Å². The van der Waals surface area contributed by atoms with E-state index in [0.29, 0.717) is 11.8 Å². The highest BCUT2D eigenvalue weighted by molar-refractivity contribution is 6.18. The molecule has 0 aromatic rings. The minimum Gasteiger partial charge on any atom is -0.303 e. The number of hydrogen-bond donors (Lipinski definition) is 0. The van der Waals surface area contributed by atoms with Crippen molar-refractivity contribution in [2.75, 3.05) is 25.5 Å². The largest absolute Gasteiger partial charge is 0.390 e. The Morgan fingerprint density at radius 2 is 1.79 bits per heavy atom.